The van der Waals surface area contributed by atoms with Crippen LogP contribution in [0.25, 0.3) is 0 Å². The summed E-state index contributed by atoms with van der Waals surface area (Å²) in [5.74, 6) is 0. The van der Waals surface area contributed by atoms with Gasteiger partial charge in [-0.1, -0.05) is 13.3 Å². The van der Waals surface area contributed by atoms with Crippen LogP contribution in [0.1, 0.15) is 19.8 Å². The lowest BCUT2D eigenvalue weighted by Gasteiger charge is -2.27. The first-order valence-electron chi connectivity index (χ1n) is 4.76. The summed E-state index contributed by atoms with van der Waals surface area (Å²) < 4.78 is 4.84. The Morgan fingerprint density at radius 1 is 1.57 bits per heavy atom. The molecule has 0 aromatic heterocycles. The Labute approximate surface area is 84.3 Å². The van der Waals surface area contributed by atoms with E-state index in [9.17, 15) is 4.79 Å². The Hall–Kier alpha value is -0.810. The average molecular weight is 205 g/mol. The molecule has 0 aromatic carbocycles. The first-order valence-corrected chi connectivity index (χ1v) is 4.76. The summed E-state index contributed by atoms with van der Waals surface area (Å²) in [5.41, 5.74) is 0. The first kappa shape index (κ1) is 13.2. The number of aliphatic hydroxyl groups excluding tert-OH is 1. The average Bonchev–Trinajstić information content (AvgIpc) is 2.16. The van der Waals surface area contributed by atoms with Gasteiger partial charge in [-0.3, -0.25) is 0 Å². The summed E-state index contributed by atoms with van der Waals surface area (Å²) in [6.07, 6.45) is 0.719. The molecule has 2 N–H and O–H groups in total. The number of hydrogen-bond acceptors (Lipinski definition) is 3. The molecular formula is C9H19NO4. The van der Waals surface area contributed by atoms with Crippen LogP contribution in [0.4, 0.5) is 4.79 Å². The van der Waals surface area contributed by atoms with Crippen molar-refractivity contribution in [3.05, 3.63) is 0 Å². The third-order valence-electron chi connectivity index (χ3n) is 2.01. The van der Waals surface area contributed by atoms with Crippen LogP contribution in [-0.4, -0.2) is 54.1 Å². The Morgan fingerprint density at radius 2 is 2.21 bits per heavy atom. The molecule has 0 aliphatic heterocycles. The van der Waals surface area contributed by atoms with Gasteiger partial charge in [-0.2, -0.15) is 0 Å². The van der Waals surface area contributed by atoms with E-state index in [1.807, 2.05) is 6.92 Å². The molecule has 1 unspecified atom stereocenters. The molecule has 0 rings (SSSR count). The van der Waals surface area contributed by atoms with Crippen molar-refractivity contribution in [2.45, 2.75) is 25.8 Å². The second-order valence-corrected chi connectivity index (χ2v) is 3.12. The molecule has 0 saturated carbocycles. The van der Waals surface area contributed by atoms with Crippen LogP contribution in [-0.2, 0) is 4.74 Å². The number of hydrogen-bond donors (Lipinski definition) is 2. The van der Waals surface area contributed by atoms with Crippen LogP contribution in [0.15, 0.2) is 0 Å². The van der Waals surface area contributed by atoms with Crippen molar-refractivity contribution < 1.29 is 19.7 Å². The van der Waals surface area contributed by atoms with Gasteiger partial charge in [0.2, 0.25) is 0 Å². The van der Waals surface area contributed by atoms with Crippen molar-refractivity contribution in [1.29, 1.82) is 0 Å². The van der Waals surface area contributed by atoms with Crippen LogP contribution < -0.4 is 0 Å². The SMILES string of the molecule is CCCCN(C(=O)O)C(CO)COC. The molecular weight excluding hydrogens is 186 g/mol. The maximum absolute atomic E-state index is 10.8. The highest BCUT2D eigenvalue weighted by atomic mass is 16.5. The Morgan fingerprint density at radius 3 is 2.57 bits per heavy atom. The smallest absolute Gasteiger partial charge is 0.407 e. The maximum Gasteiger partial charge on any atom is 0.407 e. The van der Waals surface area contributed by atoms with Gasteiger partial charge in [0.05, 0.1) is 19.3 Å². The van der Waals surface area contributed by atoms with Crippen LogP contribution >= 0.6 is 0 Å². The van der Waals surface area contributed by atoms with Crippen molar-refractivity contribution in [1.82, 2.24) is 4.90 Å². The number of ether oxygens (including phenoxy) is 1. The first-order chi connectivity index (χ1) is 6.67. The summed E-state index contributed by atoms with van der Waals surface area (Å²) in [7, 11) is 1.49. The maximum atomic E-state index is 10.8. The monoisotopic (exact) mass is 205 g/mol. The molecule has 0 spiro atoms. The minimum absolute atomic E-state index is 0.205. The van der Waals surface area contributed by atoms with Crippen molar-refractivity contribution in [3.63, 3.8) is 0 Å². The normalized spacial score (nSPS) is 12.5. The Bertz CT molecular complexity index is 163. The molecule has 0 aromatic rings. The predicted molar refractivity (Wildman–Crippen MR) is 52.4 cm³/mol. The summed E-state index contributed by atoms with van der Waals surface area (Å²) >= 11 is 0. The standard InChI is InChI=1S/C9H19NO4/c1-3-4-5-10(9(12)13)8(6-11)7-14-2/h8,11H,3-7H2,1-2H3,(H,12,13). The molecule has 5 nitrogen and oxygen atoms in total. The summed E-state index contributed by atoms with van der Waals surface area (Å²) in [4.78, 5) is 12.1. The van der Waals surface area contributed by atoms with Gasteiger partial charge in [0, 0.05) is 13.7 Å². The topological polar surface area (TPSA) is 70.0 Å². The van der Waals surface area contributed by atoms with Gasteiger partial charge in [0.15, 0.2) is 0 Å². The largest absolute Gasteiger partial charge is 0.465 e. The minimum atomic E-state index is -1.01. The number of methoxy groups -OCH3 is 1. The summed E-state index contributed by atoms with van der Waals surface area (Å²) in [5, 5.41) is 17.9. The van der Waals surface area contributed by atoms with Crippen molar-refractivity contribution in [3.8, 4) is 0 Å². The lowest BCUT2D eigenvalue weighted by atomic mass is 10.2. The number of amides is 1. The van der Waals surface area contributed by atoms with E-state index in [1.54, 1.807) is 0 Å². The van der Waals surface area contributed by atoms with Crippen LogP contribution in [0.5, 0.6) is 0 Å². The number of carbonyl (C=O) groups is 1. The molecule has 1 amide bonds. The quantitative estimate of drug-likeness (QED) is 0.644. The zero-order valence-electron chi connectivity index (χ0n) is 8.77. The lowest BCUT2D eigenvalue weighted by Crippen LogP contribution is -2.44. The lowest BCUT2D eigenvalue weighted by molar-refractivity contribution is 0.0505. The number of aliphatic hydroxyl groups is 1. The molecule has 0 radical (unpaired) electrons. The number of rotatable bonds is 7. The Balaban J connectivity index is 4.20. The summed E-state index contributed by atoms with van der Waals surface area (Å²) in [6.45, 7) is 2.46. The van der Waals surface area contributed by atoms with Gasteiger partial charge in [-0.15, -0.1) is 0 Å². The van der Waals surface area contributed by atoms with Crippen molar-refractivity contribution >= 4 is 6.09 Å². The van der Waals surface area contributed by atoms with E-state index >= 15 is 0 Å². The zero-order chi connectivity index (χ0) is 11.0. The molecule has 0 saturated heterocycles. The number of carboxylic acid groups (broad SMARTS) is 1. The van der Waals surface area contributed by atoms with E-state index in [0.717, 1.165) is 12.8 Å². The van der Waals surface area contributed by atoms with Gasteiger partial charge >= 0.3 is 6.09 Å². The second kappa shape index (κ2) is 7.58. The fourth-order valence-electron chi connectivity index (χ4n) is 1.20. The molecule has 84 valence electrons. The van der Waals surface area contributed by atoms with Gasteiger partial charge in [-0.25, -0.2) is 4.79 Å². The minimum Gasteiger partial charge on any atom is -0.465 e. The molecule has 14 heavy (non-hydrogen) atoms. The number of unbranched alkanes of at least 4 members (excludes halogenated alkanes) is 1. The van der Waals surface area contributed by atoms with E-state index in [4.69, 9.17) is 14.9 Å². The molecule has 0 aliphatic carbocycles. The molecule has 1 atom stereocenters. The fourth-order valence-corrected chi connectivity index (χ4v) is 1.20. The third-order valence-corrected chi connectivity index (χ3v) is 2.01. The van der Waals surface area contributed by atoms with E-state index in [-0.39, 0.29) is 13.2 Å². The van der Waals surface area contributed by atoms with Crippen LogP contribution in [0, 0.1) is 0 Å². The zero-order valence-corrected chi connectivity index (χ0v) is 8.77. The number of nitrogens with zero attached hydrogens (tertiary/aromatic N) is 1. The highest BCUT2D eigenvalue weighted by molar-refractivity contribution is 5.65. The van der Waals surface area contributed by atoms with E-state index in [2.05, 4.69) is 0 Å². The molecule has 0 bridgehead atoms. The predicted octanol–water partition coefficient (Wildman–Crippen LogP) is 0.774. The fraction of sp³-hybridized carbons (Fsp3) is 0.889. The summed E-state index contributed by atoms with van der Waals surface area (Å²) in [6, 6.07) is -0.455. The van der Waals surface area contributed by atoms with Crippen LogP contribution in [0.2, 0.25) is 0 Å². The highest BCUT2D eigenvalue weighted by Crippen LogP contribution is 2.03. The van der Waals surface area contributed by atoms with Crippen molar-refractivity contribution in [2.24, 2.45) is 0 Å². The van der Waals surface area contributed by atoms with Gasteiger partial charge in [0.25, 0.3) is 0 Å². The third kappa shape index (κ3) is 4.43. The second-order valence-electron chi connectivity index (χ2n) is 3.12. The highest BCUT2D eigenvalue weighted by Gasteiger charge is 2.21. The molecule has 0 aliphatic rings. The molecule has 0 fully saturated rings. The van der Waals surface area contributed by atoms with Crippen LogP contribution in [0.3, 0.4) is 0 Å². The van der Waals surface area contributed by atoms with Gasteiger partial charge in [0.1, 0.15) is 0 Å². The Kier molecular flexibility index (Phi) is 7.14. The van der Waals surface area contributed by atoms with E-state index < -0.39 is 12.1 Å². The molecule has 5 heteroatoms. The molecule has 0 heterocycles. The van der Waals surface area contributed by atoms with Gasteiger partial charge < -0.3 is 19.8 Å². The van der Waals surface area contributed by atoms with Gasteiger partial charge in [-0.05, 0) is 6.42 Å². The van der Waals surface area contributed by atoms with E-state index in [0.29, 0.717) is 6.54 Å². The van der Waals surface area contributed by atoms with Crippen molar-refractivity contribution in [2.75, 3.05) is 26.9 Å². The van der Waals surface area contributed by atoms with E-state index in [1.165, 1.54) is 12.0 Å².